The van der Waals surface area contributed by atoms with Gasteiger partial charge in [0.1, 0.15) is 11.6 Å². The Hall–Kier alpha value is -4.62. The Morgan fingerprint density at radius 3 is 2.69 bits per heavy atom. The van der Waals surface area contributed by atoms with Crippen molar-refractivity contribution in [3.05, 3.63) is 87.1 Å². The monoisotopic (exact) mass is 517 g/mol. The van der Waals surface area contributed by atoms with E-state index in [1.807, 2.05) is 18.2 Å². The summed E-state index contributed by atoms with van der Waals surface area (Å²) in [7, 11) is 0. The molecule has 176 valence electrons. The maximum absolute atomic E-state index is 13.5. The molecule has 6 aromatic rings. The fourth-order valence-corrected chi connectivity index (χ4v) is 4.99. The molecular weight excluding hydrogens is 505 g/mol. The fourth-order valence-electron chi connectivity index (χ4n) is 3.62. The third kappa shape index (κ3) is 3.85. The van der Waals surface area contributed by atoms with E-state index < -0.39 is 10.8 Å². The molecule has 6 rings (SSSR count). The number of nitrogens with one attached hydrogen (secondary N) is 1. The van der Waals surface area contributed by atoms with Gasteiger partial charge >= 0.3 is 5.00 Å². The lowest BCUT2D eigenvalue weighted by atomic mass is 10.2. The van der Waals surface area contributed by atoms with Gasteiger partial charge in [0.25, 0.3) is 5.91 Å². The summed E-state index contributed by atoms with van der Waals surface area (Å²) in [5, 5.41) is 18.4. The number of rotatable bonds is 5. The lowest BCUT2D eigenvalue weighted by Crippen LogP contribution is -2.12. The number of anilines is 1. The molecule has 4 aromatic heterocycles. The number of carbonyl (C=O) groups is 1. The van der Waals surface area contributed by atoms with E-state index in [1.54, 1.807) is 17.6 Å². The van der Waals surface area contributed by atoms with Crippen LogP contribution in [-0.4, -0.2) is 35.6 Å². The van der Waals surface area contributed by atoms with Crippen LogP contribution in [0.2, 0.25) is 0 Å². The Kier molecular flexibility index (Phi) is 5.20. The second kappa shape index (κ2) is 8.55. The van der Waals surface area contributed by atoms with E-state index in [0.717, 1.165) is 21.6 Å². The summed E-state index contributed by atoms with van der Waals surface area (Å²) in [5.74, 6) is -0.444. The summed E-state index contributed by atoms with van der Waals surface area (Å²) in [5.41, 5.74) is 4.15. The Morgan fingerprint density at radius 1 is 1.08 bits per heavy atom. The molecule has 0 aliphatic heterocycles. The molecule has 0 fully saturated rings. The molecule has 1 amide bonds. The van der Waals surface area contributed by atoms with Gasteiger partial charge in [-0.2, -0.15) is 5.10 Å². The largest absolute Gasteiger partial charge is 0.324 e. The summed E-state index contributed by atoms with van der Waals surface area (Å²) >= 11 is 2.27. The minimum absolute atomic E-state index is 0.144. The van der Waals surface area contributed by atoms with Crippen LogP contribution >= 0.6 is 22.7 Å². The number of amides is 1. The Balaban J connectivity index is 1.49. The molecule has 2 aromatic carbocycles. The molecule has 10 nitrogen and oxygen atoms in total. The van der Waals surface area contributed by atoms with Gasteiger partial charge < -0.3 is 5.32 Å². The zero-order valence-electron chi connectivity index (χ0n) is 18.0. The second-order valence-electron chi connectivity index (χ2n) is 7.55. The average Bonchev–Trinajstić information content (AvgIpc) is 3.63. The molecule has 0 spiro atoms. The van der Waals surface area contributed by atoms with Gasteiger partial charge in [-0.3, -0.25) is 14.9 Å². The summed E-state index contributed by atoms with van der Waals surface area (Å²) in [6.07, 6.45) is 1.50. The molecule has 0 unspecified atom stereocenters. The molecule has 0 saturated heterocycles. The second-order valence-corrected chi connectivity index (χ2v) is 9.50. The molecule has 0 bridgehead atoms. The Labute approximate surface area is 208 Å². The van der Waals surface area contributed by atoms with Gasteiger partial charge in [-0.15, -0.1) is 11.3 Å². The number of benzene rings is 2. The fraction of sp³-hybridized carbons (Fsp3) is 0. The van der Waals surface area contributed by atoms with Crippen molar-refractivity contribution < 1.29 is 14.1 Å². The van der Waals surface area contributed by atoms with Gasteiger partial charge in [-0.25, -0.2) is 24.0 Å². The van der Waals surface area contributed by atoms with Crippen molar-refractivity contribution in [1.29, 1.82) is 0 Å². The number of fused-ring (bicyclic) bond motifs is 2. The van der Waals surface area contributed by atoms with Crippen LogP contribution in [0.1, 0.15) is 9.67 Å². The first kappa shape index (κ1) is 21.9. The molecule has 36 heavy (non-hydrogen) atoms. The van der Waals surface area contributed by atoms with Crippen molar-refractivity contribution in [2.45, 2.75) is 0 Å². The zero-order chi connectivity index (χ0) is 24.8. The van der Waals surface area contributed by atoms with Gasteiger partial charge in [0.05, 0.1) is 42.8 Å². The van der Waals surface area contributed by atoms with Crippen molar-refractivity contribution in [2.75, 3.05) is 5.32 Å². The summed E-state index contributed by atoms with van der Waals surface area (Å²) in [6.45, 7) is 0. The topological polar surface area (TPSA) is 129 Å². The maximum atomic E-state index is 13.5. The molecule has 0 saturated carbocycles. The maximum Gasteiger partial charge on any atom is 0.324 e. The van der Waals surface area contributed by atoms with E-state index >= 15 is 0 Å². The van der Waals surface area contributed by atoms with E-state index in [2.05, 4.69) is 20.4 Å². The number of hydrogen-bond donors (Lipinski definition) is 1. The predicted octanol–water partition coefficient (Wildman–Crippen LogP) is 5.45. The SMILES string of the molecule is O=C(Nc1nc(-c2ccc3scnc3c2)nc2c1cnn2-c1ccc(F)cc1)c1ccc([N+](=O)[O-])s1. The zero-order valence-corrected chi connectivity index (χ0v) is 19.6. The van der Waals surface area contributed by atoms with Crippen LogP contribution in [0.25, 0.3) is 38.3 Å². The van der Waals surface area contributed by atoms with Crippen LogP contribution in [0.4, 0.5) is 15.2 Å². The lowest BCUT2D eigenvalue weighted by Gasteiger charge is -2.09. The summed E-state index contributed by atoms with van der Waals surface area (Å²) in [4.78, 5) is 37.2. The van der Waals surface area contributed by atoms with Crippen LogP contribution < -0.4 is 5.32 Å². The molecule has 0 aliphatic rings. The van der Waals surface area contributed by atoms with Crippen molar-refractivity contribution in [3.63, 3.8) is 0 Å². The van der Waals surface area contributed by atoms with E-state index in [9.17, 15) is 19.3 Å². The summed E-state index contributed by atoms with van der Waals surface area (Å²) < 4.78 is 16.0. The van der Waals surface area contributed by atoms with Crippen molar-refractivity contribution >= 4 is 60.6 Å². The van der Waals surface area contributed by atoms with E-state index in [1.165, 1.54) is 46.5 Å². The number of aromatic nitrogens is 5. The van der Waals surface area contributed by atoms with Crippen LogP contribution in [0.5, 0.6) is 0 Å². The minimum atomic E-state index is -0.552. The van der Waals surface area contributed by atoms with Crippen LogP contribution in [0.15, 0.2) is 66.3 Å². The highest BCUT2D eigenvalue weighted by atomic mass is 32.1. The van der Waals surface area contributed by atoms with Crippen molar-refractivity contribution in [3.8, 4) is 17.1 Å². The first-order valence-corrected chi connectivity index (χ1v) is 12.1. The van der Waals surface area contributed by atoms with Crippen LogP contribution in [0.3, 0.4) is 0 Å². The normalized spacial score (nSPS) is 11.2. The number of hydrogen-bond acceptors (Lipinski definition) is 9. The lowest BCUT2D eigenvalue weighted by molar-refractivity contribution is -0.380. The first-order chi connectivity index (χ1) is 17.5. The standard InChI is InChI=1S/C23H12FN7O3S2/c24-13-2-4-14(5-3-13)30-22-15(10-26-30)21(29-23(32)18-7-8-19(36-18)31(33)34)27-20(28-22)12-1-6-17-16(9-12)25-11-35-17/h1-11H,(H,27,28,29,32). The third-order valence-corrected chi connectivity index (χ3v) is 7.16. The molecule has 0 radical (unpaired) electrons. The average molecular weight is 518 g/mol. The predicted molar refractivity (Wildman–Crippen MR) is 134 cm³/mol. The number of carbonyl (C=O) groups excluding carboxylic acids is 1. The van der Waals surface area contributed by atoms with Crippen molar-refractivity contribution in [2.24, 2.45) is 0 Å². The Bertz CT molecular complexity index is 1790. The summed E-state index contributed by atoms with van der Waals surface area (Å²) in [6, 6.07) is 14.0. The smallest absolute Gasteiger partial charge is 0.305 e. The Morgan fingerprint density at radius 2 is 1.92 bits per heavy atom. The number of thiophene rings is 1. The van der Waals surface area contributed by atoms with Gasteiger partial charge in [0.15, 0.2) is 11.5 Å². The van der Waals surface area contributed by atoms with Crippen LogP contribution in [0, 0.1) is 15.9 Å². The minimum Gasteiger partial charge on any atom is -0.305 e. The highest BCUT2D eigenvalue weighted by Gasteiger charge is 2.20. The van der Waals surface area contributed by atoms with Gasteiger partial charge in [-0.1, -0.05) is 11.3 Å². The van der Waals surface area contributed by atoms with E-state index in [4.69, 9.17) is 4.98 Å². The molecule has 0 aliphatic carbocycles. The number of nitrogens with zero attached hydrogens (tertiary/aromatic N) is 6. The number of nitro groups is 1. The van der Waals surface area contributed by atoms with Crippen molar-refractivity contribution in [1.82, 2.24) is 24.7 Å². The third-order valence-electron chi connectivity index (χ3n) is 5.32. The highest BCUT2D eigenvalue weighted by molar-refractivity contribution is 7.17. The molecule has 4 heterocycles. The quantitative estimate of drug-likeness (QED) is 0.238. The van der Waals surface area contributed by atoms with E-state index in [-0.39, 0.29) is 21.5 Å². The molecule has 0 atom stereocenters. The van der Waals surface area contributed by atoms with Gasteiger partial charge in [0.2, 0.25) is 0 Å². The van der Waals surface area contributed by atoms with Gasteiger partial charge in [-0.05, 0) is 48.5 Å². The highest BCUT2D eigenvalue weighted by Crippen LogP contribution is 2.30. The molecular formula is C23H12FN7O3S2. The van der Waals surface area contributed by atoms with E-state index in [0.29, 0.717) is 28.1 Å². The van der Waals surface area contributed by atoms with Crippen LogP contribution in [-0.2, 0) is 0 Å². The number of halogens is 1. The molecule has 1 N–H and O–H groups in total. The van der Waals surface area contributed by atoms with Gasteiger partial charge in [0, 0.05) is 11.6 Å². The first-order valence-electron chi connectivity index (χ1n) is 10.4. The number of thiazole rings is 1. The molecule has 13 heteroatoms.